The summed E-state index contributed by atoms with van der Waals surface area (Å²) in [5.74, 6) is 2.39. The second-order valence-corrected chi connectivity index (χ2v) is 5.58. The average Bonchev–Trinajstić information content (AvgIpc) is 2.37. The maximum atomic E-state index is 9.11. The molecule has 0 amide bonds. The van der Waals surface area contributed by atoms with Gasteiger partial charge in [-0.05, 0) is 39.0 Å². The van der Waals surface area contributed by atoms with Crippen molar-refractivity contribution in [3.05, 3.63) is 11.4 Å². The normalized spacial score (nSPS) is 15.2. The van der Waals surface area contributed by atoms with Crippen LogP contribution in [0.5, 0.6) is 0 Å². The minimum absolute atomic E-state index is 0.213. The van der Waals surface area contributed by atoms with Crippen molar-refractivity contribution in [3.63, 3.8) is 0 Å². The standard InChI is InChI=1S/C15H26N4O/c1-3-6-13-17-14(16)11(2)15(18-13)19(9-5-10-20)12-7-4-8-12/h12,20H,3-10H2,1-2H3,(H2,16,17,18). The van der Waals surface area contributed by atoms with E-state index in [9.17, 15) is 0 Å². The van der Waals surface area contributed by atoms with E-state index in [0.717, 1.165) is 43.0 Å². The highest BCUT2D eigenvalue weighted by Crippen LogP contribution is 2.32. The third-order valence-electron chi connectivity index (χ3n) is 4.02. The molecule has 1 heterocycles. The van der Waals surface area contributed by atoms with Crippen molar-refractivity contribution in [2.75, 3.05) is 23.8 Å². The molecule has 1 aromatic heterocycles. The number of nitrogen functional groups attached to an aromatic ring is 1. The summed E-state index contributed by atoms with van der Waals surface area (Å²) in [4.78, 5) is 11.4. The van der Waals surface area contributed by atoms with Crippen molar-refractivity contribution in [1.29, 1.82) is 0 Å². The molecule has 0 atom stereocenters. The van der Waals surface area contributed by atoms with E-state index in [-0.39, 0.29) is 6.61 Å². The predicted octanol–water partition coefficient (Wildman–Crippen LogP) is 2.06. The van der Waals surface area contributed by atoms with Gasteiger partial charge in [-0.1, -0.05) is 6.92 Å². The molecule has 20 heavy (non-hydrogen) atoms. The number of hydrogen-bond donors (Lipinski definition) is 2. The molecule has 5 heteroatoms. The van der Waals surface area contributed by atoms with Crippen molar-refractivity contribution in [1.82, 2.24) is 9.97 Å². The summed E-state index contributed by atoms with van der Waals surface area (Å²) in [5, 5.41) is 9.11. The topological polar surface area (TPSA) is 75.3 Å². The van der Waals surface area contributed by atoms with Crippen molar-refractivity contribution >= 4 is 11.6 Å². The fourth-order valence-electron chi connectivity index (χ4n) is 2.58. The smallest absolute Gasteiger partial charge is 0.137 e. The number of nitrogens with zero attached hydrogens (tertiary/aromatic N) is 3. The number of hydrogen-bond acceptors (Lipinski definition) is 5. The van der Waals surface area contributed by atoms with Gasteiger partial charge in [0.2, 0.25) is 0 Å². The van der Waals surface area contributed by atoms with E-state index in [1.165, 1.54) is 19.3 Å². The lowest BCUT2D eigenvalue weighted by atomic mass is 9.91. The quantitative estimate of drug-likeness (QED) is 0.798. The van der Waals surface area contributed by atoms with Crippen LogP contribution in [-0.4, -0.2) is 34.3 Å². The maximum absolute atomic E-state index is 9.11. The molecule has 0 spiro atoms. The molecular formula is C15H26N4O. The van der Waals surface area contributed by atoms with E-state index in [1.807, 2.05) is 6.92 Å². The van der Waals surface area contributed by atoms with E-state index in [4.69, 9.17) is 15.8 Å². The number of nitrogens with two attached hydrogens (primary N) is 1. The zero-order chi connectivity index (χ0) is 14.5. The van der Waals surface area contributed by atoms with E-state index in [2.05, 4.69) is 16.8 Å². The lowest BCUT2D eigenvalue weighted by molar-refractivity contribution is 0.282. The van der Waals surface area contributed by atoms with Crippen molar-refractivity contribution in [3.8, 4) is 0 Å². The molecule has 0 aromatic carbocycles. The fraction of sp³-hybridized carbons (Fsp3) is 0.733. The van der Waals surface area contributed by atoms with Crippen LogP contribution in [-0.2, 0) is 6.42 Å². The zero-order valence-electron chi connectivity index (χ0n) is 12.6. The van der Waals surface area contributed by atoms with Gasteiger partial charge in [0, 0.05) is 31.2 Å². The number of aliphatic hydroxyl groups is 1. The molecule has 0 unspecified atom stereocenters. The van der Waals surface area contributed by atoms with Gasteiger partial charge in [0.05, 0.1) is 0 Å². The van der Waals surface area contributed by atoms with Crippen LogP contribution in [0.25, 0.3) is 0 Å². The summed E-state index contributed by atoms with van der Waals surface area (Å²) in [6.07, 6.45) is 6.33. The van der Waals surface area contributed by atoms with Crippen molar-refractivity contribution < 1.29 is 5.11 Å². The summed E-state index contributed by atoms with van der Waals surface area (Å²) >= 11 is 0. The van der Waals surface area contributed by atoms with Gasteiger partial charge < -0.3 is 15.7 Å². The highest BCUT2D eigenvalue weighted by molar-refractivity contribution is 5.57. The van der Waals surface area contributed by atoms with Crippen LogP contribution in [0.1, 0.15) is 50.4 Å². The van der Waals surface area contributed by atoms with Gasteiger partial charge in [0.15, 0.2) is 0 Å². The van der Waals surface area contributed by atoms with Crippen LogP contribution in [0.15, 0.2) is 0 Å². The lowest BCUT2D eigenvalue weighted by Crippen LogP contribution is -2.42. The molecule has 0 saturated heterocycles. The fourth-order valence-corrected chi connectivity index (χ4v) is 2.58. The number of aryl methyl sites for hydroxylation is 1. The highest BCUT2D eigenvalue weighted by Gasteiger charge is 2.27. The van der Waals surface area contributed by atoms with Crippen LogP contribution in [0.3, 0.4) is 0 Å². The SMILES string of the molecule is CCCc1nc(N)c(C)c(N(CCCO)C2CCC2)n1. The zero-order valence-corrected chi connectivity index (χ0v) is 12.6. The third-order valence-corrected chi connectivity index (χ3v) is 4.02. The molecule has 0 bridgehead atoms. The van der Waals surface area contributed by atoms with Gasteiger partial charge in [-0.3, -0.25) is 0 Å². The molecule has 2 rings (SSSR count). The van der Waals surface area contributed by atoms with Gasteiger partial charge in [-0.2, -0.15) is 0 Å². The van der Waals surface area contributed by atoms with Crippen molar-refractivity contribution in [2.24, 2.45) is 0 Å². The molecule has 1 aliphatic rings. The molecule has 1 saturated carbocycles. The first-order valence-electron chi connectivity index (χ1n) is 7.67. The molecule has 5 nitrogen and oxygen atoms in total. The maximum Gasteiger partial charge on any atom is 0.137 e. The minimum atomic E-state index is 0.213. The highest BCUT2D eigenvalue weighted by atomic mass is 16.3. The van der Waals surface area contributed by atoms with E-state index in [0.29, 0.717) is 11.9 Å². The van der Waals surface area contributed by atoms with Gasteiger partial charge in [0.1, 0.15) is 17.5 Å². The lowest BCUT2D eigenvalue weighted by Gasteiger charge is -2.39. The Morgan fingerprint density at radius 2 is 2.10 bits per heavy atom. The monoisotopic (exact) mass is 278 g/mol. The van der Waals surface area contributed by atoms with Crippen LogP contribution in [0.4, 0.5) is 11.6 Å². The second kappa shape index (κ2) is 6.88. The molecule has 112 valence electrons. The first kappa shape index (κ1) is 15.0. The molecule has 0 radical (unpaired) electrons. The average molecular weight is 278 g/mol. The summed E-state index contributed by atoms with van der Waals surface area (Å²) < 4.78 is 0. The largest absolute Gasteiger partial charge is 0.396 e. The van der Waals surface area contributed by atoms with Crippen LogP contribution < -0.4 is 10.6 Å². The molecule has 3 N–H and O–H groups in total. The Balaban J connectivity index is 2.29. The van der Waals surface area contributed by atoms with Gasteiger partial charge in [-0.15, -0.1) is 0 Å². The van der Waals surface area contributed by atoms with Crippen LogP contribution in [0.2, 0.25) is 0 Å². The number of aromatic nitrogens is 2. The molecule has 1 fully saturated rings. The van der Waals surface area contributed by atoms with Gasteiger partial charge in [-0.25, -0.2) is 9.97 Å². The Hall–Kier alpha value is -1.36. The Morgan fingerprint density at radius 1 is 1.35 bits per heavy atom. The molecular weight excluding hydrogens is 252 g/mol. The summed E-state index contributed by atoms with van der Waals surface area (Å²) in [5.41, 5.74) is 7.02. The Labute approximate surface area is 121 Å². The van der Waals surface area contributed by atoms with Crippen molar-refractivity contribution in [2.45, 2.75) is 58.4 Å². The molecule has 1 aliphatic carbocycles. The molecule has 1 aromatic rings. The van der Waals surface area contributed by atoms with E-state index >= 15 is 0 Å². The number of anilines is 2. The second-order valence-electron chi connectivity index (χ2n) is 5.58. The molecule has 0 aliphatic heterocycles. The van der Waals surface area contributed by atoms with E-state index < -0.39 is 0 Å². The van der Waals surface area contributed by atoms with Gasteiger partial charge >= 0.3 is 0 Å². The first-order valence-corrected chi connectivity index (χ1v) is 7.67. The Kier molecular flexibility index (Phi) is 5.17. The number of rotatable bonds is 7. The Morgan fingerprint density at radius 3 is 2.65 bits per heavy atom. The van der Waals surface area contributed by atoms with Crippen LogP contribution in [0, 0.1) is 6.92 Å². The predicted molar refractivity (Wildman–Crippen MR) is 81.9 cm³/mol. The van der Waals surface area contributed by atoms with Crippen LogP contribution >= 0.6 is 0 Å². The first-order chi connectivity index (χ1) is 9.67. The summed E-state index contributed by atoms with van der Waals surface area (Å²) in [7, 11) is 0. The third kappa shape index (κ3) is 3.20. The van der Waals surface area contributed by atoms with Gasteiger partial charge in [0.25, 0.3) is 0 Å². The summed E-state index contributed by atoms with van der Waals surface area (Å²) in [6, 6.07) is 0.545. The summed E-state index contributed by atoms with van der Waals surface area (Å²) in [6.45, 7) is 5.16. The van der Waals surface area contributed by atoms with E-state index in [1.54, 1.807) is 0 Å². The Bertz CT molecular complexity index is 446. The number of aliphatic hydroxyl groups excluding tert-OH is 1. The minimum Gasteiger partial charge on any atom is -0.396 e.